The fourth-order valence-electron chi connectivity index (χ4n) is 2.78. The molecule has 1 amide bonds. The molecule has 1 atom stereocenters. The fourth-order valence-corrected chi connectivity index (χ4v) is 2.98. The zero-order chi connectivity index (χ0) is 20.9. The van der Waals surface area contributed by atoms with E-state index in [0.717, 1.165) is 37.1 Å². The summed E-state index contributed by atoms with van der Waals surface area (Å²) in [5.74, 6) is -0.424. The molecule has 1 aliphatic rings. The van der Waals surface area contributed by atoms with Crippen LogP contribution in [0.2, 0.25) is 5.02 Å². The van der Waals surface area contributed by atoms with E-state index in [0.29, 0.717) is 23.9 Å². The van der Waals surface area contributed by atoms with E-state index in [4.69, 9.17) is 16.3 Å². The molecule has 0 unspecified atom stereocenters. The molecule has 154 valence electrons. The van der Waals surface area contributed by atoms with Crippen molar-refractivity contribution in [2.45, 2.75) is 25.1 Å². The number of anilines is 1. The molecule has 0 radical (unpaired) electrons. The number of rotatable bonds is 4. The highest BCUT2D eigenvalue weighted by molar-refractivity contribution is 6.31. The van der Waals surface area contributed by atoms with Gasteiger partial charge in [-0.3, -0.25) is 10.1 Å². The summed E-state index contributed by atoms with van der Waals surface area (Å²) in [5, 5.41) is 6.08. The maximum atomic E-state index is 12.7. The van der Waals surface area contributed by atoms with Gasteiger partial charge in [0.15, 0.2) is 0 Å². The van der Waals surface area contributed by atoms with Crippen LogP contribution < -0.4 is 10.6 Å². The highest BCUT2D eigenvalue weighted by Gasteiger charge is 2.30. The summed E-state index contributed by atoms with van der Waals surface area (Å²) in [4.78, 5) is 16.9. The summed E-state index contributed by atoms with van der Waals surface area (Å²) >= 11 is 5.98. The summed E-state index contributed by atoms with van der Waals surface area (Å²) in [6, 6.07) is 10.8. The van der Waals surface area contributed by atoms with Crippen LogP contribution in [0.4, 0.5) is 18.9 Å². The summed E-state index contributed by atoms with van der Waals surface area (Å²) in [6.07, 6.45) is -2.67. The predicted molar refractivity (Wildman–Crippen MR) is 105 cm³/mol. The first-order chi connectivity index (χ1) is 13.8. The van der Waals surface area contributed by atoms with E-state index in [-0.39, 0.29) is 17.6 Å². The van der Waals surface area contributed by atoms with Crippen LogP contribution in [0.3, 0.4) is 0 Å². The first kappa shape index (κ1) is 21.1. The van der Waals surface area contributed by atoms with Crippen molar-refractivity contribution in [2.75, 3.05) is 18.5 Å². The summed E-state index contributed by atoms with van der Waals surface area (Å²) in [6.45, 7) is 1.02. The average Bonchev–Trinajstić information content (AvgIpc) is 3.19. The monoisotopic (exact) mass is 425 g/mol. The lowest BCUT2D eigenvalue weighted by Crippen LogP contribution is -2.36. The number of alkyl halides is 3. The Hall–Kier alpha value is -2.58. The minimum absolute atomic E-state index is 0.0332. The Balaban J connectivity index is 1.74. The quantitative estimate of drug-likeness (QED) is 0.549. The van der Waals surface area contributed by atoms with Gasteiger partial charge in [0.2, 0.25) is 5.96 Å². The lowest BCUT2D eigenvalue weighted by Gasteiger charge is -2.14. The van der Waals surface area contributed by atoms with E-state index >= 15 is 0 Å². The molecule has 1 aliphatic heterocycles. The standard InChI is InChI=1S/C20H19ClF3N3O2/c21-15-3-1-4-16(11-15)26-19(25-12-17-5-2-10-29-17)27-18(28)13-6-8-14(9-7-13)20(22,23)24/h1,3-4,6-9,11,17H,2,5,10,12H2,(H2,25,26,27,28)/t17-/m0/s1. The third-order valence-corrected chi connectivity index (χ3v) is 4.51. The topological polar surface area (TPSA) is 62.7 Å². The first-order valence-electron chi connectivity index (χ1n) is 8.98. The van der Waals surface area contributed by atoms with Gasteiger partial charge in [0.25, 0.3) is 5.91 Å². The third-order valence-electron chi connectivity index (χ3n) is 4.27. The van der Waals surface area contributed by atoms with E-state index in [1.54, 1.807) is 24.3 Å². The number of hydrogen-bond donors (Lipinski definition) is 2. The number of benzene rings is 2. The van der Waals surface area contributed by atoms with Crippen LogP contribution in [0.25, 0.3) is 0 Å². The molecule has 2 aromatic rings. The van der Waals surface area contributed by atoms with Crippen molar-refractivity contribution in [1.29, 1.82) is 0 Å². The molecular weight excluding hydrogens is 407 g/mol. The first-order valence-corrected chi connectivity index (χ1v) is 9.36. The predicted octanol–water partition coefficient (Wildman–Crippen LogP) is 4.74. The van der Waals surface area contributed by atoms with Crippen molar-refractivity contribution in [3.63, 3.8) is 0 Å². The van der Waals surface area contributed by atoms with Crippen LogP contribution in [-0.4, -0.2) is 31.1 Å². The highest BCUT2D eigenvalue weighted by Crippen LogP contribution is 2.29. The van der Waals surface area contributed by atoms with E-state index in [1.165, 1.54) is 0 Å². The molecule has 1 heterocycles. The van der Waals surface area contributed by atoms with Crippen LogP contribution in [0.5, 0.6) is 0 Å². The average molecular weight is 426 g/mol. The molecule has 0 bridgehead atoms. The van der Waals surface area contributed by atoms with Gasteiger partial charge in [0, 0.05) is 22.9 Å². The fraction of sp³-hybridized carbons (Fsp3) is 0.300. The van der Waals surface area contributed by atoms with Crippen molar-refractivity contribution in [3.8, 4) is 0 Å². The Morgan fingerprint density at radius 2 is 1.97 bits per heavy atom. The summed E-state index contributed by atoms with van der Waals surface area (Å²) in [7, 11) is 0. The largest absolute Gasteiger partial charge is 0.416 e. The number of nitrogens with zero attached hydrogens (tertiary/aromatic N) is 1. The minimum Gasteiger partial charge on any atom is -0.376 e. The minimum atomic E-state index is -4.46. The second-order valence-corrected chi connectivity index (χ2v) is 6.93. The van der Waals surface area contributed by atoms with Gasteiger partial charge >= 0.3 is 6.18 Å². The van der Waals surface area contributed by atoms with Gasteiger partial charge in [-0.25, -0.2) is 4.99 Å². The van der Waals surface area contributed by atoms with Gasteiger partial charge in [-0.2, -0.15) is 13.2 Å². The molecule has 1 saturated heterocycles. The van der Waals surface area contributed by atoms with Gasteiger partial charge in [0.05, 0.1) is 18.2 Å². The smallest absolute Gasteiger partial charge is 0.376 e. The number of carbonyl (C=O) groups excluding carboxylic acids is 1. The van der Waals surface area contributed by atoms with E-state index in [9.17, 15) is 18.0 Å². The number of amides is 1. The molecular formula is C20H19ClF3N3O2. The van der Waals surface area contributed by atoms with Crippen molar-refractivity contribution >= 4 is 29.2 Å². The maximum Gasteiger partial charge on any atom is 0.416 e. The summed E-state index contributed by atoms with van der Waals surface area (Å²) < 4.78 is 43.6. The van der Waals surface area contributed by atoms with Gasteiger partial charge in [-0.05, 0) is 55.3 Å². The third kappa shape index (κ3) is 6.20. The molecule has 1 fully saturated rings. The van der Waals surface area contributed by atoms with Gasteiger partial charge in [-0.15, -0.1) is 0 Å². The number of ether oxygens (including phenoxy) is 1. The second kappa shape index (κ2) is 9.28. The van der Waals surface area contributed by atoms with Crippen LogP contribution in [0.1, 0.15) is 28.8 Å². The number of nitrogens with one attached hydrogen (secondary N) is 2. The SMILES string of the molecule is O=C(NC(=NC[C@@H]1CCCO1)Nc1cccc(Cl)c1)c1ccc(C(F)(F)F)cc1. The van der Waals surface area contributed by atoms with Crippen molar-refractivity contribution < 1.29 is 22.7 Å². The summed E-state index contributed by atoms with van der Waals surface area (Å²) in [5.41, 5.74) is -0.134. The number of halogens is 4. The van der Waals surface area contributed by atoms with E-state index in [2.05, 4.69) is 15.6 Å². The van der Waals surface area contributed by atoms with Crippen LogP contribution in [0, 0.1) is 0 Å². The van der Waals surface area contributed by atoms with Crippen molar-refractivity contribution in [1.82, 2.24) is 5.32 Å². The van der Waals surface area contributed by atoms with Gasteiger partial charge < -0.3 is 10.1 Å². The molecule has 5 nitrogen and oxygen atoms in total. The number of aliphatic imine (C=N–C) groups is 1. The molecule has 0 aliphatic carbocycles. The maximum absolute atomic E-state index is 12.7. The van der Waals surface area contributed by atoms with Crippen LogP contribution in [-0.2, 0) is 10.9 Å². The number of guanidine groups is 1. The normalized spacial score (nSPS) is 17.2. The molecule has 9 heteroatoms. The Morgan fingerprint density at radius 1 is 1.21 bits per heavy atom. The lowest BCUT2D eigenvalue weighted by atomic mass is 10.1. The lowest BCUT2D eigenvalue weighted by molar-refractivity contribution is -0.137. The molecule has 29 heavy (non-hydrogen) atoms. The van der Waals surface area contributed by atoms with Crippen LogP contribution >= 0.6 is 11.6 Å². The molecule has 2 N–H and O–H groups in total. The zero-order valence-electron chi connectivity index (χ0n) is 15.3. The molecule has 0 spiro atoms. The van der Waals surface area contributed by atoms with Crippen molar-refractivity contribution in [2.24, 2.45) is 4.99 Å². The molecule has 2 aromatic carbocycles. The zero-order valence-corrected chi connectivity index (χ0v) is 16.1. The Bertz CT molecular complexity index is 879. The van der Waals surface area contributed by atoms with Gasteiger partial charge in [-0.1, -0.05) is 17.7 Å². The Labute approximate surface area is 170 Å². The number of carbonyl (C=O) groups is 1. The highest BCUT2D eigenvalue weighted by atomic mass is 35.5. The second-order valence-electron chi connectivity index (χ2n) is 6.49. The molecule has 0 aromatic heterocycles. The van der Waals surface area contributed by atoms with Gasteiger partial charge in [0.1, 0.15) is 0 Å². The molecule has 0 saturated carbocycles. The van der Waals surface area contributed by atoms with E-state index in [1.807, 2.05) is 0 Å². The number of hydrogen-bond acceptors (Lipinski definition) is 3. The van der Waals surface area contributed by atoms with E-state index < -0.39 is 17.6 Å². The Kier molecular flexibility index (Phi) is 6.76. The van der Waals surface area contributed by atoms with Crippen LogP contribution in [0.15, 0.2) is 53.5 Å². The Morgan fingerprint density at radius 3 is 2.59 bits per heavy atom. The van der Waals surface area contributed by atoms with Crippen molar-refractivity contribution in [3.05, 3.63) is 64.7 Å². The molecule has 3 rings (SSSR count).